The number of nitrogens with zero attached hydrogens (tertiary/aromatic N) is 2. The number of aromatic hydroxyl groups is 3. The number of methoxy groups -OCH3 is 2. The molecule has 0 unspecified atom stereocenters. The van der Waals surface area contributed by atoms with E-state index in [4.69, 9.17) is 9.47 Å². The number of pyridine rings is 1. The Hall–Kier alpha value is -4.73. The van der Waals surface area contributed by atoms with E-state index in [-0.39, 0.29) is 41.6 Å². The molecule has 0 radical (unpaired) electrons. The Morgan fingerprint density at radius 1 is 1.00 bits per heavy atom. The van der Waals surface area contributed by atoms with Crippen LogP contribution in [0.3, 0.4) is 0 Å². The average molecular weight is 506 g/mol. The lowest BCUT2D eigenvalue weighted by atomic mass is 9.88. The number of ether oxygens (including phenoxy) is 2. The summed E-state index contributed by atoms with van der Waals surface area (Å²) in [4.78, 5) is 30.6. The van der Waals surface area contributed by atoms with Crippen LogP contribution < -0.4 is 20.3 Å². The van der Waals surface area contributed by atoms with Gasteiger partial charge in [0.2, 0.25) is 11.8 Å². The van der Waals surface area contributed by atoms with Crippen molar-refractivity contribution in [3.63, 3.8) is 0 Å². The molecule has 1 atom stereocenters. The fraction of sp³-hybridized carbons (Fsp3) is 0.222. The van der Waals surface area contributed by atoms with E-state index in [1.54, 1.807) is 48.7 Å². The molecule has 0 saturated heterocycles. The molecule has 0 aliphatic rings. The Balaban J connectivity index is 1.65. The summed E-state index contributed by atoms with van der Waals surface area (Å²) in [5, 5.41) is 32.7. The predicted octanol–water partition coefficient (Wildman–Crippen LogP) is 2.71. The van der Waals surface area contributed by atoms with Gasteiger partial charge in [0, 0.05) is 25.1 Å². The molecule has 4 N–H and O–H groups in total. The summed E-state index contributed by atoms with van der Waals surface area (Å²) in [5.74, 6) is -1.23. The summed E-state index contributed by atoms with van der Waals surface area (Å²) in [5.41, 5.74) is 1.05. The van der Waals surface area contributed by atoms with Crippen molar-refractivity contribution in [2.75, 3.05) is 20.8 Å². The number of phenols is 2. The SMILES string of the molecule is COc1ccc([C@H](CC(=O)NCCc2ccc(O)c(O)c2)c2c(O)nc3ccccn3c2=O)cc1OC. The van der Waals surface area contributed by atoms with Crippen LogP contribution in [-0.4, -0.2) is 51.4 Å². The van der Waals surface area contributed by atoms with Gasteiger partial charge in [-0.15, -0.1) is 0 Å². The average Bonchev–Trinajstić information content (AvgIpc) is 2.89. The monoisotopic (exact) mass is 505 g/mol. The van der Waals surface area contributed by atoms with Gasteiger partial charge in [0.1, 0.15) is 5.65 Å². The summed E-state index contributed by atoms with van der Waals surface area (Å²) < 4.78 is 12.0. The molecule has 2 aromatic heterocycles. The highest BCUT2D eigenvalue weighted by Crippen LogP contribution is 2.36. The summed E-state index contributed by atoms with van der Waals surface area (Å²) in [7, 11) is 2.98. The van der Waals surface area contributed by atoms with E-state index in [1.807, 2.05) is 0 Å². The minimum atomic E-state index is -0.838. The van der Waals surface area contributed by atoms with Gasteiger partial charge in [-0.25, -0.2) is 0 Å². The highest BCUT2D eigenvalue weighted by molar-refractivity contribution is 5.78. The minimum Gasteiger partial charge on any atom is -0.504 e. The maximum Gasteiger partial charge on any atom is 0.265 e. The van der Waals surface area contributed by atoms with Crippen LogP contribution in [0.1, 0.15) is 29.0 Å². The fourth-order valence-electron chi connectivity index (χ4n) is 4.18. The molecule has 2 heterocycles. The zero-order valence-corrected chi connectivity index (χ0v) is 20.3. The molecule has 10 heteroatoms. The topological polar surface area (TPSA) is 143 Å². The van der Waals surface area contributed by atoms with Crippen LogP contribution in [0, 0.1) is 0 Å². The smallest absolute Gasteiger partial charge is 0.265 e. The van der Waals surface area contributed by atoms with Crippen molar-refractivity contribution in [2.45, 2.75) is 18.8 Å². The van der Waals surface area contributed by atoms with E-state index in [1.165, 1.54) is 30.8 Å². The van der Waals surface area contributed by atoms with Crippen LogP contribution in [-0.2, 0) is 11.2 Å². The molecule has 0 fully saturated rings. The molecule has 4 rings (SSSR count). The zero-order chi connectivity index (χ0) is 26.5. The highest BCUT2D eigenvalue weighted by Gasteiger charge is 2.27. The first kappa shape index (κ1) is 25.4. The van der Waals surface area contributed by atoms with E-state index in [0.29, 0.717) is 23.5 Å². The number of nitrogens with one attached hydrogen (secondary N) is 1. The highest BCUT2D eigenvalue weighted by atomic mass is 16.5. The molecule has 2 aromatic carbocycles. The summed E-state index contributed by atoms with van der Waals surface area (Å²) in [6.07, 6.45) is 1.80. The Labute approximate surface area is 212 Å². The minimum absolute atomic E-state index is 0.0190. The van der Waals surface area contributed by atoms with Crippen LogP contribution in [0.15, 0.2) is 65.6 Å². The van der Waals surface area contributed by atoms with E-state index in [9.17, 15) is 24.9 Å². The lowest BCUT2D eigenvalue weighted by Gasteiger charge is -2.20. The second kappa shape index (κ2) is 10.9. The quantitative estimate of drug-likeness (QED) is 0.254. The Morgan fingerprint density at radius 2 is 1.78 bits per heavy atom. The van der Waals surface area contributed by atoms with Crippen molar-refractivity contribution in [1.82, 2.24) is 14.7 Å². The van der Waals surface area contributed by atoms with Gasteiger partial charge in [-0.1, -0.05) is 18.2 Å². The summed E-state index contributed by atoms with van der Waals surface area (Å²) in [6.45, 7) is 0.253. The summed E-state index contributed by atoms with van der Waals surface area (Å²) in [6, 6.07) is 14.5. The van der Waals surface area contributed by atoms with Gasteiger partial charge in [0.15, 0.2) is 23.0 Å². The zero-order valence-electron chi connectivity index (χ0n) is 20.3. The van der Waals surface area contributed by atoms with Gasteiger partial charge in [-0.3, -0.25) is 14.0 Å². The van der Waals surface area contributed by atoms with E-state index < -0.39 is 17.4 Å². The first-order chi connectivity index (χ1) is 17.8. The van der Waals surface area contributed by atoms with Gasteiger partial charge < -0.3 is 30.1 Å². The van der Waals surface area contributed by atoms with Gasteiger partial charge in [0.25, 0.3) is 5.56 Å². The van der Waals surface area contributed by atoms with Crippen molar-refractivity contribution < 1.29 is 29.6 Å². The lowest BCUT2D eigenvalue weighted by Crippen LogP contribution is -2.30. The number of aromatic nitrogens is 2. The van der Waals surface area contributed by atoms with Crippen LogP contribution >= 0.6 is 0 Å². The van der Waals surface area contributed by atoms with Gasteiger partial charge in [-0.2, -0.15) is 4.98 Å². The molecular weight excluding hydrogens is 478 g/mol. The Morgan fingerprint density at radius 3 is 2.51 bits per heavy atom. The normalized spacial score (nSPS) is 11.7. The van der Waals surface area contributed by atoms with Crippen molar-refractivity contribution >= 4 is 11.6 Å². The van der Waals surface area contributed by atoms with Gasteiger partial charge >= 0.3 is 0 Å². The maximum absolute atomic E-state index is 13.4. The molecule has 0 aliphatic heterocycles. The first-order valence-corrected chi connectivity index (χ1v) is 11.5. The third-order valence-corrected chi connectivity index (χ3v) is 6.07. The van der Waals surface area contributed by atoms with E-state index in [2.05, 4.69) is 10.3 Å². The Bertz CT molecular complexity index is 1500. The molecule has 0 saturated carbocycles. The third-order valence-electron chi connectivity index (χ3n) is 6.07. The number of fused-ring (bicyclic) bond motifs is 1. The van der Waals surface area contributed by atoms with Crippen molar-refractivity contribution in [3.05, 3.63) is 87.8 Å². The number of benzene rings is 2. The van der Waals surface area contributed by atoms with Crippen LogP contribution in [0.25, 0.3) is 5.65 Å². The van der Waals surface area contributed by atoms with Crippen molar-refractivity contribution in [3.8, 4) is 28.9 Å². The van der Waals surface area contributed by atoms with Crippen LogP contribution in [0.2, 0.25) is 0 Å². The fourth-order valence-corrected chi connectivity index (χ4v) is 4.18. The largest absolute Gasteiger partial charge is 0.504 e. The van der Waals surface area contributed by atoms with E-state index >= 15 is 0 Å². The lowest BCUT2D eigenvalue weighted by molar-refractivity contribution is -0.121. The second-order valence-electron chi connectivity index (χ2n) is 8.38. The van der Waals surface area contributed by atoms with Gasteiger partial charge in [0.05, 0.1) is 19.8 Å². The molecule has 1 amide bonds. The molecule has 192 valence electrons. The molecule has 0 aliphatic carbocycles. The van der Waals surface area contributed by atoms with E-state index in [0.717, 1.165) is 5.56 Å². The van der Waals surface area contributed by atoms with Crippen molar-refractivity contribution in [2.24, 2.45) is 0 Å². The number of hydrogen-bond acceptors (Lipinski definition) is 8. The summed E-state index contributed by atoms with van der Waals surface area (Å²) >= 11 is 0. The standard InChI is InChI=1S/C27H27N3O7/c1-36-21-9-7-17(14-22(21)37-2)18(25-26(34)29-23-5-3-4-12-30(23)27(25)35)15-24(33)28-11-10-16-6-8-19(31)20(32)13-16/h3-9,12-14,18,31-32,34H,10-11,15H2,1-2H3,(H,28,33)/t18-/m0/s1. The van der Waals surface area contributed by atoms with Crippen LogP contribution in [0.4, 0.5) is 0 Å². The Kier molecular flexibility index (Phi) is 7.47. The molecule has 0 bridgehead atoms. The van der Waals surface area contributed by atoms with Crippen molar-refractivity contribution in [1.29, 1.82) is 0 Å². The number of carbonyl (C=O) groups excluding carboxylic acids is 1. The number of rotatable bonds is 9. The molecule has 37 heavy (non-hydrogen) atoms. The number of phenolic OH excluding ortho intramolecular Hbond substituents is 2. The second-order valence-corrected chi connectivity index (χ2v) is 8.38. The maximum atomic E-state index is 13.4. The molecule has 0 spiro atoms. The molecule has 4 aromatic rings. The number of hydrogen-bond donors (Lipinski definition) is 4. The third kappa shape index (κ3) is 5.43. The first-order valence-electron chi connectivity index (χ1n) is 11.5. The van der Waals surface area contributed by atoms with Gasteiger partial charge in [-0.05, 0) is 53.9 Å². The molecular formula is C27H27N3O7. The van der Waals surface area contributed by atoms with Crippen LogP contribution in [0.5, 0.6) is 28.9 Å². The molecule has 10 nitrogen and oxygen atoms in total. The predicted molar refractivity (Wildman–Crippen MR) is 136 cm³/mol. The number of amides is 1. The number of carbonyl (C=O) groups is 1.